The average Bonchev–Trinajstić information content (AvgIpc) is 0. The van der Waals surface area contributed by atoms with E-state index in [2.05, 4.69) is 0 Å². The maximum absolute atomic E-state index is 0. The summed E-state index contributed by atoms with van der Waals surface area (Å²) in [6.07, 6.45) is 0. The minimum atomic E-state index is 0. The molecule has 0 spiro atoms. The number of rotatable bonds is 0. The maximum atomic E-state index is 0. The van der Waals surface area contributed by atoms with E-state index in [1.54, 1.807) is 0 Å². The smallest absolute Gasteiger partial charge is 0 e. The molecule has 0 aromatic rings. The van der Waals surface area contributed by atoms with Crippen molar-refractivity contribution in [1.29, 1.82) is 0 Å². The Kier molecular flexibility index (Phi) is 252. The van der Waals surface area contributed by atoms with Crippen LogP contribution in [0, 0.1) is 0 Å². The van der Waals surface area contributed by atoms with Gasteiger partial charge in [0.05, 0.1) is 0 Å². The molecule has 0 fully saturated rings. The SMILES string of the molecule is C.[B].[Ti].[Zr]. The molecule has 0 heterocycles. The summed E-state index contributed by atoms with van der Waals surface area (Å²) >= 11 is 0. The quantitative estimate of drug-likeness (QED) is 0.452. The van der Waals surface area contributed by atoms with Crippen molar-refractivity contribution in [2.45, 2.75) is 7.43 Å². The second-order valence-electron chi connectivity index (χ2n) is 0. The van der Waals surface area contributed by atoms with Gasteiger partial charge in [0, 0.05) is 56.3 Å². The van der Waals surface area contributed by atoms with Gasteiger partial charge in [-0.25, -0.2) is 0 Å². The van der Waals surface area contributed by atoms with Crippen LogP contribution < -0.4 is 0 Å². The fraction of sp³-hybridized carbons (Fsp3) is 1.00. The zero-order valence-electron chi connectivity index (χ0n) is 1.58. The molecule has 19 valence electrons. The Morgan fingerprint density at radius 1 is 1.00 bits per heavy atom. The van der Waals surface area contributed by atoms with E-state index in [0.29, 0.717) is 0 Å². The Balaban J connectivity index is 0. The molecule has 3 radical (unpaired) electrons. The Hall–Kier alpha value is 1.66. The molecule has 4 heavy (non-hydrogen) atoms. The van der Waals surface area contributed by atoms with Crippen molar-refractivity contribution in [3.05, 3.63) is 0 Å². The summed E-state index contributed by atoms with van der Waals surface area (Å²) < 4.78 is 0. The van der Waals surface area contributed by atoms with Crippen molar-refractivity contribution in [1.82, 2.24) is 0 Å². The second-order valence-corrected chi connectivity index (χ2v) is 0. The van der Waals surface area contributed by atoms with Crippen molar-refractivity contribution in [2.24, 2.45) is 0 Å². The van der Waals surface area contributed by atoms with E-state index in [9.17, 15) is 0 Å². The summed E-state index contributed by atoms with van der Waals surface area (Å²) in [4.78, 5) is 0. The van der Waals surface area contributed by atoms with Gasteiger partial charge in [0.25, 0.3) is 0 Å². The monoisotopic (exact) mass is 165 g/mol. The Labute approximate surface area is 63.3 Å². The van der Waals surface area contributed by atoms with Gasteiger partial charge < -0.3 is 0 Å². The molecule has 0 aliphatic heterocycles. The van der Waals surface area contributed by atoms with Crippen molar-refractivity contribution >= 4 is 8.41 Å². The van der Waals surface area contributed by atoms with Crippen LogP contribution in [-0.4, -0.2) is 8.41 Å². The van der Waals surface area contributed by atoms with E-state index >= 15 is 0 Å². The van der Waals surface area contributed by atoms with Crippen molar-refractivity contribution in [3.63, 3.8) is 0 Å². The summed E-state index contributed by atoms with van der Waals surface area (Å²) in [5.41, 5.74) is 0. The second kappa shape index (κ2) is 22.6. The molecule has 0 N–H and O–H groups in total. The summed E-state index contributed by atoms with van der Waals surface area (Å²) in [5.74, 6) is 0. The first-order valence-electron chi connectivity index (χ1n) is 0. The van der Waals surface area contributed by atoms with Gasteiger partial charge in [-0.05, 0) is 0 Å². The van der Waals surface area contributed by atoms with Crippen LogP contribution in [-0.2, 0) is 47.9 Å². The normalized spacial score (nSPS) is 0. The van der Waals surface area contributed by atoms with Gasteiger partial charge in [-0.3, -0.25) is 0 Å². The topological polar surface area (TPSA) is 0 Å². The van der Waals surface area contributed by atoms with Crippen molar-refractivity contribution < 1.29 is 47.9 Å². The zero-order chi connectivity index (χ0) is 0. The van der Waals surface area contributed by atoms with Crippen LogP contribution in [0.1, 0.15) is 7.43 Å². The molecular formula is CH4BTiZr. The van der Waals surface area contributed by atoms with E-state index in [0.717, 1.165) is 0 Å². The van der Waals surface area contributed by atoms with E-state index in [1.165, 1.54) is 0 Å². The first-order valence-corrected chi connectivity index (χ1v) is 0. The molecule has 0 aliphatic carbocycles. The average molecular weight is 166 g/mol. The molecule has 0 unspecified atom stereocenters. The summed E-state index contributed by atoms with van der Waals surface area (Å²) in [6, 6.07) is 0. The van der Waals surface area contributed by atoms with Crippen LogP contribution in [0.15, 0.2) is 0 Å². The molecule has 3 heteroatoms. The number of hydrogen-bond acceptors (Lipinski definition) is 0. The summed E-state index contributed by atoms with van der Waals surface area (Å²) in [6.45, 7) is 0. The van der Waals surface area contributed by atoms with Crippen LogP contribution in [0.25, 0.3) is 0 Å². The van der Waals surface area contributed by atoms with E-state index < -0.39 is 0 Å². The number of hydrogen-bond donors (Lipinski definition) is 0. The Bertz CT molecular complexity index is 8.00. The van der Waals surface area contributed by atoms with Gasteiger partial charge in [0.2, 0.25) is 0 Å². The third-order valence-electron chi connectivity index (χ3n) is 0. The van der Waals surface area contributed by atoms with Gasteiger partial charge >= 0.3 is 0 Å². The van der Waals surface area contributed by atoms with Crippen LogP contribution in [0.3, 0.4) is 0 Å². The molecule has 0 aromatic carbocycles. The predicted molar refractivity (Wildman–Crippen MR) is 12.5 cm³/mol. The molecule has 0 bridgehead atoms. The zero-order valence-corrected chi connectivity index (χ0v) is 5.60. The molecule has 0 aromatic heterocycles. The minimum absolute atomic E-state index is 0. The molecule has 0 aliphatic rings. The largest absolute Gasteiger partial charge is 0.0776 e. The molecule has 0 nitrogen and oxygen atoms in total. The van der Waals surface area contributed by atoms with Gasteiger partial charge in [0.1, 0.15) is 0 Å². The summed E-state index contributed by atoms with van der Waals surface area (Å²) in [7, 11) is 0. The summed E-state index contributed by atoms with van der Waals surface area (Å²) in [5, 5.41) is 0. The van der Waals surface area contributed by atoms with Crippen LogP contribution in [0.4, 0.5) is 0 Å². The van der Waals surface area contributed by atoms with Gasteiger partial charge in [-0.2, -0.15) is 0 Å². The fourth-order valence-electron chi connectivity index (χ4n) is 0. The first-order chi connectivity index (χ1) is 0. The van der Waals surface area contributed by atoms with Gasteiger partial charge in [-0.15, -0.1) is 0 Å². The fourth-order valence-corrected chi connectivity index (χ4v) is 0. The molecular weight excluding hydrogens is 162 g/mol. The molecule has 0 rings (SSSR count). The van der Waals surface area contributed by atoms with Crippen LogP contribution in [0.2, 0.25) is 0 Å². The van der Waals surface area contributed by atoms with Gasteiger partial charge in [0.15, 0.2) is 0 Å². The Morgan fingerprint density at radius 3 is 1.00 bits per heavy atom. The third kappa shape index (κ3) is 9.39. The van der Waals surface area contributed by atoms with Crippen molar-refractivity contribution in [2.75, 3.05) is 0 Å². The van der Waals surface area contributed by atoms with E-state index in [1.807, 2.05) is 0 Å². The maximum Gasteiger partial charge on any atom is 0 e. The molecule has 0 saturated carbocycles. The van der Waals surface area contributed by atoms with Gasteiger partial charge in [-0.1, -0.05) is 7.43 Å². The first kappa shape index (κ1) is 44.5. The Morgan fingerprint density at radius 2 is 1.00 bits per heavy atom. The van der Waals surface area contributed by atoms with Crippen LogP contribution >= 0.6 is 0 Å². The standard InChI is InChI=1S/CH4.B.Ti.Zr/h1H4;;;. The van der Waals surface area contributed by atoms with E-state index in [4.69, 9.17) is 0 Å². The van der Waals surface area contributed by atoms with E-state index in [-0.39, 0.29) is 63.8 Å². The molecule has 0 saturated heterocycles. The third-order valence-corrected chi connectivity index (χ3v) is 0. The molecule has 0 amide bonds. The van der Waals surface area contributed by atoms with Crippen LogP contribution in [0.5, 0.6) is 0 Å². The molecule has 0 atom stereocenters. The minimum Gasteiger partial charge on any atom is -0.0776 e. The predicted octanol–water partition coefficient (Wildman–Crippen LogP) is 0.250. The van der Waals surface area contributed by atoms with Crippen molar-refractivity contribution in [3.8, 4) is 0 Å².